The van der Waals surface area contributed by atoms with Crippen LogP contribution in [0.5, 0.6) is 0 Å². The highest BCUT2D eigenvalue weighted by atomic mass is 32.2. The highest BCUT2D eigenvalue weighted by Gasteiger charge is 2.27. The summed E-state index contributed by atoms with van der Waals surface area (Å²) >= 11 is 0. The fourth-order valence-corrected chi connectivity index (χ4v) is 3.86. The Morgan fingerprint density at radius 3 is 2.58 bits per heavy atom. The van der Waals surface area contributed by atoms with Gasteiger partial charge in [-0.1, -0.05) is 0 Å². The van der Waals surface area contributed by atoms with Crippen molar-refractivity contribution in [3.05, 3.63) is 18.2 Å². The lowest BCUT2D eigenvalue weighted by Gasteiger charge is -2.26. The van der Waals surface area contributed by atoms with Gasteiger partial charge in [-0.15, -0.1) is 0 Å². The van der Waals surface area contributed by atoms with E-state index in [1.807, 2.05) is 6.92 Å². The lowest BCUT2D eigenvalue weighted by atomic mass is 10.2. The number of sulfonamides is 1. The molecule has 0 atom stereocenters. The summed E-state index contributed by atoms with van der Waals surface area (Å²) in [5, 5.41) is 8.62. The fourth-order valence-electron chi connectivity index (χ4n) is 2.42. The first-order chi connectivity index (χ1) is 11.5. The molecule has 0 bridgehead atoms. The van der Waals surface area contributed by atoms with Gasteiger partial charge in [0.15, 0.2) is 0 Å². The zero-order valence-electron chi connectivity index (χ0n) is 14.0. The number of hydrogen-bond acceptors (Lipinski definition) is 6. The van der Waals surface area contributed by atoms with Gasteiger partial charge in [-0.05, 0) is 32.2 Å². The van der Waals surface area contributed by atoms with E-state index in [4.69, 9.17) is 4.74 Å². The van der Waals surface area contributed by atoms with Crippen LogP contribution in [0.25, 0.3) is 0 Å². The standard InChI is InChI=1S/C15H24N4O4S/c1-3-17-13-5-4-12(10-14(13)18-15(20)11-16-2)24(21,22)19-6-8-23-9-7-19/h4-5,10,16-17H,3,6-9,11H2,1-2H3,(H,18,20). The summed E-state index contributed by atoms with van der Waals surface area (Å²) < 4.78 is 32.1. The van der Waals surface area contributed by atoms with Crippen LogP contribution >= 0.6 is 0 Å². The number of rotatable bonds is 7. The monoisotopic (exact) mass is 356 g/mol. The number of carbonyl (C=O) groups excluding carboxylic acids is 1. The van der Waals surface area contributed by atoms with E-state index in [9.17, 15) is 13.2 Å². The molecular formula is C15H24N4O4S. The van der Waals surface area contributed by atoms with Crippen molar-refractivity contribution in [1.82, 2.24) is 9.62 Å². The number of hydrogen-bond donors (Lipinski definition) is 3. The van der Waals surface area contributed by atoms with Gasteiger partial charge in [-0.3, -0.25) is 4.79 Å². The van der Waals surface area contributed by atoms with E-state index in [1.54, 1.807) is 19.2 Å². The van der Waals surface area contributed by atoms with Crippen molar-refractivity contribution < 1.29 is 17.9 Å². The average Bonchev–Trinajstić information content (AvgIpc) is 2.57. The molecule has 3 N–H and O–H groups in total. The van der Waals surface area contributed by atoms with Gasteiger partial charge in [0, 0.05) is 19.6 Å². The molecule has 9 heteroatoms. The van der Waals surface area contributed by atoms with E-state index >= 15 is 0 Å². The van der Waals surface area contributed by atoms with Crippen LogP contribution in [0.1, 0.15) is 6.92 Å². The van der Waals surface area contributed by atoms with Crippen LogP contribution in [-0.2, 0) is 19.6 Å². The third-order valence-corrected chi connectivity index (χ3v) is 5.47. The van der Waals surface area contributed by atoms with Crippen LogP contribution in [0.4, 0.5) is 11.4 Å². The largest absolute Gasteiger partial charge is 0.384 e. The molecule has 0 radical (unpaired) electrons. The lowest BCUT2D eigenvalue weighted by molar-refractivity contribution is -0.115. The highest BCUT2D eigenvalue weighted by Crippen LogP contribution is 2.27. The number of carbonyl (C=O) groups is 1. The molecule has 0 saturated carbocycles. The maximum atomic E-state index is 12.7. The maximum absolute atomic E-state index is 12.7. The third-order valence-electron chi connectivity index (χ3n) is 3.58. The van der Waals surface area contributed by atoms with Crippen molar-refractivity contribution in [3.63, 3.8) is 0 Å². The van der Waals surface area contributed by atoms with Crippen LogP contribution in [0, 0.1) is 0 Å². The molecule has 1 fully saturated rings. The Hall–Kier alpha value is -1.68. The predicted octanol–water partition coefficient (Wildman–Crippen LogP) is 0.297. The fraction of sp³-hybridized carbons (Fsp3) is 0.533. The van der Waals surface area contributed by atoms with Crippen LogP contribution in [0.2, 0.25) is 0 Å². The molecule has 1 aliphatic rings. The molecule has 1 heterocycles. The smallest absolute Gasteiger partial charge is 0.243 e. The number of anilines is 2. The van der Waals surface area contributed by atoms with Gasteiger partial charge < -0.3 is 20.7 Å². The van der Waals surface area contributed by atoms with Crippen LogP contribution < -0.4 is 16.0 Å². The molecule has 1 aliphatic heterocycles. The van der Waals surface area contributed by atoms with Gasteiger partial charge in [0.25, 0.3) is 0 Å². The van der Waals surface area contributed by atoms with Crippen molar-refractivity contribution in [1.29, 1.82) is 0 Å². The quantitative estimate of drug-likeness (QED) is 0.650. The molecule has 24 heavy (non-hydrogen) atoms. The Bertz CT molecular complexity index is 672. The Morgan fingerprint density at radius 1 is 1.25 bits per heavy atom. The molecule has 2 rings (SSSR count). The summed E-state index contributed by atoms with van der Waals surface area (Å²) in [5.74, 6) is -0.238. The minimum atomic E-state index is -3.61. The zero-order valence-corrected chi connectivity index (χ0v) is 14.8. The van der Waals surface area contributed by atoms with Crippen molar-refractivity contribution in [2.45, 2.75) is 11.8 Å². The molecule has 0 aliphatic carbocycles. The van der Waals surface area contributed by atoms with Gasteiger partial charge in [-0.2, -0.15) is 4.31 Å². The van der Waals surface area contributed by atoms with E-state index in [1.165, 1.54) is 10.4 Å². The summed E-state index contributed by atoms with van der Waals surface area (Å²) in [6.45, 7) is 4.17. The van der Waals surface area contributed by atoms with E-state index in [0.717, 1.165) is 0 Å². The van der Waals surface area contributed by atoms with Gasteiger partial charge in [0.05, 0.1) is 36.0 Å². The van der Waals surface area contributed by atoms with Crippen molar-refractivity contribution >= 4 is 27.3 Å². The van der Waals surface area contributed by atoms with Crippen LogP contribution in [-0.4, -0.2) is 65.1 Å². The normalized spacial score (nSPS) is 15.9. The second-order valence-electron chi connectivity index (χ2n) is 5.33. The minimum absolute atomic E-state index is 0.145. The van der Waals surface area contributed by atoms with Gasteiger partial charge in [0.1, 0.15) is 0 Å². The first-order valence-electron chi connectivity index (χ1n) is 7.89. The lowest BCUT2D eigenvalue weighted by Crippen LogP contribution is -2.40. The maximum Gasteiger partial charge on any atom is 0.243 e. The number of morpholine rings is 1. The van der Waals surface area contributed by atoms with Gasteiger partial charge in [-0.25, -0.2) is 8.42 Å². The zero-order chi connectivity index (χ0) is 17.6. The summed E-state index contributed by atoms with van der Waals surface area (Å²) in [7, 11) is -1.93. The summed E-state index contributed by atoms with van der Waals surface area (Å²) in [6.07, 6.45) is 0. The molecule has 1 amide bonds. The van der Waals surface area contributed by atoms with Crippen molar-refractivity contribution in [2.24, 2.45) is 0 Å². The first kappa shape index (κ1) is 18.7. The Balaban J connectivity index is 2.31. The molecular weight excluding hydrogens is 332 g/mol. The van der Waals surface area contributed by atoms with E-state index < -0.39 is 10.0 Å². The van der Waals surface area contributed by atoms with Crippen molar-refractivity contribution in [3.8, 4) is 0 Å². The number of ether oxygens (including phenoxy) is 1. The number of likely N-dealkylation sites (N-methyl/N-ethyl adjacent to an activating group) is 1. The number of nitrogens with zero attached hydrogens (tertiary/aromatic N) is 1. The van der Waals surface area contributed by atoms with E-state index in [0.29, 0.717) is 44.2 Å². The number of nitrogens with one attached hydrogen (secondary N) is 3. The highest BCUT2D eigenvalue weighted by molar-refractivity contribution is 7.89. The molecule has 134 valence electrons. The average molecular weight is 356 g/mol. The molecule has 8 nitrogen and oxygen atoms in total. The van der Waals surface area contributed by atoms with Gasteiger partial charge in [0.2, 0.25) is 15.9 Å². The Labute approximate surface area is 142 Å². The Kier molecular flexibility index (Phi) is 6.55. The Morgan fingerprint density at radius 2 is 1.96 bits per heavy atom. The number of benzene rings is 1. The predicted molar refractivity (Wildman–Crippen MR) is 92.7 cm³/mol. The first-order valence-corrected chi connectivity index (χ1v) is 9.33. The van der Waals surface area contributed by atoms with Crippen LogP contribution in [0.15, 0.2) is 23.1 Å². The molecule has 1 aromatic carbocycles. The summed E-state index contributed by atoms with van der Waals surface area (Å²) in [4.78, 5) is 12.0. The topological polar surface area (TPSA) is 99.8 Å². The SMILES string of the molecule is CCNc1ccc(S(=O)(=O)N2CCOCC2)cc1NC(=O)CNC. The minimum Gasteiger partial charge on any atom is -0.384 e. The van der Waals surface area contributed by atoms with Crippen LogP contribution in [0.3, 0.4) is 0 Å². The third kappa shape index (κ3) is 4.44. The molecule has 0 spiro atoms. The van der Waals surface area contributed by atoms with E-state index in [2.05, 4.69) is 16.0 Å². The molecule has 1 saturated heterocycles. The second kappa shape index (κ2) is 8.43. The van der Waals surface area contributed by atoms with Crippen molar-refractivity contribution in [2.75, 3.05) is 57.1 Å². The number of amides is 1. The molecule has 0 unspecified atom stereocenters. The summed E-state index contributed by atoms with van der Waals surface area (Å²) in [6, 6.07) is 4.72. The second-order valence-corrected chi connectivity index (χ2v) is 7.27. The van der Waals surface area contributed by atoms with Gasteiger partial charge >= 0.3 is 0 Å². The molecule has 0 aromatic heterocycles. The van der Waals surface area contributed by atoms with E-state index in [-0.39, 0.29) is 17.3 Å². The molecule has 1 aromatic rings. The summed E-state index contributed by atoms with van der Waals surface area (Å²) in [5.41, 5.74) is 1.13.